The Labute approximate surface area is 109 Å². The normalized spacial score (nSPS) is 14.0. The van der Waals surface area contributed by atoms with E-state index in [0.717, 1.165) is 5.56 Å². The Morgan fingerprint density at radius 3 is 2.56 bits per heavy atom. The zero-order chi connectivity index (χ0) is 13.5. The number of ether oxygens (including phenoxy) is 1. The molecule has 1 aromatic rings. The predicted molar refractivity (Wildman–Crippen MR) is 72.2 cm³/mol. The van der Waals surface area contributed by atoms with Crippen molar-refractivity contribution in [3.63, 3.8) is 0 Å². The number of benzene rings is 1. The van der Waals surface area contributed by atoms with E-state index in [9.17, 15) is 4.79 Å². The molecule has 0 heterocycles. The first-order chi connectivity index (χ1) is 8.56. The number of methoxy groups -OCH3 is 1. The summed E-state index contributed by atoms with van der Waals surface area (Å²) < 4.78 is 5.04. The molecule has 0 aliphatic heterocycles. The molecule has 1 aromatic carbocycles. The number of carbonyl (C=O) groups excluding carboxylic acids is 1. The van der Waals surface area contributed by atoms with Gasteiger partial charge in [0.25, 0.3) is 0 Å². The van der Waals surface area contributed by atoms with Crippen LogP contribution >= 0.6 is 0 Å². The van der Waals surface area contributed by atoms with E-state index in [1.807, 2.05) is 37.3 Å². The van der Waals surface area contributed by atoms with Crippen molar-refractivity contribution in [2.45, 2.75) is 25.4 Å². The van der Waals surface area contributed by atoms with Crippen LogP contribution in [-0.2, 0) is 16.0 Å². The molecular formula is C14H22N2O2. The summed E-state index contributed by atoms with van der Waals surface area (Å²) in [5.41, 5.74) is 7.03. The van der Waals surface area contributed by atoms with Crippen LogP contribution in [0.15, 0.2) is 30.3 Å². The van der Waals surface area contributed by atoms with E-state index in [-0.39, 0.29) is 11.9 Å². The second-order valence-corrected chi connectivity index (χ2v) is 4.55. The summed E-state index contributed by atoms with van der Waals surface area (Å²) in [6.07, 6.45) is 0.559. The molecule has 0 aliphatic rings. The summed E-state index contributed by atoms with van der Waals surface area (Å²) in [5.74, 6) is -0.0524. The molecule has 0 aliphatic carbocycles. The molecule has 100 valence electrons. The van der Waals surface area contributed by atoms with E-state index >= 15 is 0 Å². The number of hydrogen-bond donors (Lipinski definition) is 1. The van der Waals surface area contributed by atoms with Crippen LogP contribution < -0.4 is 5.73 Å². The van der Waals surface area contributed by atoms with Crippen LogP contribution in [0.4, 0.5) is 0 Å². The van der Waals surface area contributed by atoms with Gasteiger partial charge in [0.15, 0.2) is 0 Å². The highest BCUT2D eigenvalue weighted by Gasteiger charge is 2.21. The van der Waals surface area contributed by atoms with Gasteiger partial charge in [0.1, 0.15) is 0 Å². The van der Waals surface area contributed by atoms with E-state index in [1.54, 1.807) is 19.1 Å². The predicted octanol–water partition coefficient (Wildman–Crippen LogP) is 1.05. The quantitative estimate of drug-likeness (QED) is 0.821. The molecule has 0 saturated heterocycles. The molecule has 1 rings (SSSR count). The minimum absolute atomic E-state index is 0.0318. The molecule has 0 fully saturated rings. The highest BCUT2D eigenvalue weighted by molar-refractivity contribution is 5.82. The van der Waals surface area contributed by atoms with E-state index in [0.29, 0.717) is 13.0 Å². The van der Waals surface area contributed by atoms with Crippen molar-refractivity contribution >= 4 is 5.91 Å². The summed E-state index contributed by atoms with van der Waals surface area (Å²) in [4.78, 5) is 13.8. The van der Waals surface area contributed by atoms with Gasteiger partial charge in [-0.25, -0.2) is 0 Å². The fourth-order valence-electron chi connectivity index (χ4n) is 1.79. The Balaban J connectivity index is 2.56. The Morgan fingerprint density at radius 2 is 2.00 bits per heavy atom. The highest BCUT2D eigenvalue weighted by atomic mass is 16.5. The second-order valence-electron chi connectivity index (χ2n) is 4.55. The molecule has 4 nitrogen and oxygen atoms in total. The number of likely N-dealkylation sites (N-methyl/N-ethyl adjacent to an activating group) is 1. The fraction of sp³-hybridized carbons (Fsp3) is 0.500. The molecular weight excluding hydrogens is 228 g/mol. The molecule has 0 aromatic heterocycles. The minimum atomic E-state index is -0.503. The number of carbonyl (C=O) groups is 1. The number of amides is 1. The molecule has 2 atom stereocenters. The maximum atomic E-state index is 12.1. The minimum Gasteiger partial charge on any atom is -0.383 e. The summed E-state index contributed by atoms with van der Waals surface area (Å²) in [7, 11) is 3.38. The summed E-state index contributed by atoms with van der Waals surface area (Å²) in [5, 5.41) is 0. The fourth-order valence-corrected chi connectivity index (χ4v) is 1.79. The SMILES string of the molecule is COCC(C)N(C)C(=O)[C@@H](N)Cc1ccccc1. The lowest BCUT2D eigenvalue weighted by molar-refractivity contribution is -0.134. The first kappa shape index (κ1) is 14.7. The topological polar surface area (TPSA) is 55.6 Å². The summed E-state index contributed by atoms with van der Waals surface area (Å²) in [6.45, 7) is 2.46. The monoisotopic (exact) mass is 250 g/mol. The Bertz CT molecular complexity index is 367. The van der Waals surface area contributed by atoms with Crippen LogP contribution in [0.1, 0.15) is 12.5 Å². The van der Waals surface area contributed by atoms with Crippen molar-refractivity contribution in [1.29, 1.82) is 0 Å². The molecule has 1 amide bonds. The maximum Gasteiger partial charge on any atom is 0.239 e. The van der Waals surface area contributed by atoms with E-state index in [2.05, 4.69) is 0 Å². The van der Waals surface area contributed by atoms with Crippen LogP contribution in [0, 0.1) is 0 Å². The van der Waals surface area contributed by atoms with Crippen LogP contribution in [-0.4, -0.2) is 43.7 Å². The van der Waals surface area contributed by atoms with Gasteiger partial charge < -0.3 is 15.4 Å². The van der Waals surface area contributed by atoms with Gasteiger partial charge in [-0.3, -0.25) is 4.79 Å². The first-order valence-electron chi connectivity index (χ1n) is 6.11. The molecule has 0 bridgehead atoms. The average Bonchev–Trinajstić information content (AvgIpc) is 2.38. The highest BCUT2D eigenvalue weighted by Crippen LogP contribution is 2.05. The molecule has 18 heavy (non-hydrogen) atoms. The Morgan fingerprint density at radius 1 is 1.39 bits per heavy atom. The number of rotatable bonds is 6. The van der Waals surface area contributed by atoms with E-state index < -0.39 is 6.04 Å². The van der Waals surface area contributed by atoms with Gasteiger partial charge in [0, 0.05) is 14.2 Å². The maximum absolute atomic E-state index is 12.1. The van der Waals surface area contributed by atoms with Crippen molar-refractivity contribution < 1.29 is 9.53 Å². The van der Waals surface area contributed by atoms with Crippen LogP contribution in [0.3, 0.4) is 0 Å². The van der Waals surface area contributed by atoms with Gasteiger partial charge in [0.05, 0.1) is 18.7 Å². The summed E-state index contributed by atoms with van der Waals surface area (Å²) >= 11 is 0. The van der Waals surface area contributed by atoms with Crippen molar-refractivity contribution in [1.82, 2.24) is 4.90 Å². The lowest BCUT2D eigenvalue weighted by Gasteiger charge is -2.27. The molecule has 2 N–H and O–H groups in total. The largest absolute Gasteiger partial charge is 0.383 e. The van der Waals surface area contributed by atoms with Gasteiger partial charge in [-0.05, 0) is 18.9 Å². The molecule has 0 radical (unpaired) electrons. The van der Waals surface area contributed by atoms with Crippen molar-refractivity contribution in [2.75, 3.05) is 20.8 Å². The van der Waals surface area contributed by atoms with Gasteiger partial charge >= 0.3 is 0 Å². The van der Waals surface area contributed by atoms with Gasteiger partial charge in [-0.1, -0.05) is 30.3 Å². The summed E-state index contributed by atoms with van der Waals surface area (Å²) in [6, 6.07) is 9.33. The number of nitrogens with zero attached hydrogens (tertiary/aromatic N) is 1. The van der Waals surface area contributed by atoms with Crippen LogP contribution in [0.5, 0.6) is 0 Å². The number of hydrogen-bond acceptors (Lipinski definition) is 3. The third-order valence-electron chi connectivity index (χ3n) is 3.03. The third-order valence-corrected chi connectivity index (χ3v) is 3.03. The standard InChI is InChI=1S/C14H22N2O2/c1-11(10-18-3)16(2)14(17)13(15)9-12-7-5-4-6-8-12/h4-8,11,13H,9-10,15H2,1-3H3/t11?,13-/m0/s1. The lowest BCUT2D eigenvalue weighted by Crippen LogP contribution is -2.47. The molecule has 0 saturated carbocycles. The molecule has 4 heteroatoms. The average molecular weight is 250 g/mol. The zero-order valence-electron chi connectivity index (χ0n) is 11.3. The smallest absolute Gasteiger partial charge is 0.239 e. The van der Waals surface area contributed by atoms with E-state index in [4.69, 9.17) is 10.5 Å². The van der Waals surface area contributed by atoms with Crippen molar-refractivity contribution in [3.05, 3.63) is 35.9 Å². The van der Waals surface area contributed by atoms with Gasteiger partial charge in [-0.2, -0.15) is 0 Å². The molecule has 0 spiro atoms. The third kappa shape index (κ3) is 4.13. The van der Waals surface area contributed by atoms with Crippen molar-refractivity contribution in [3.8, 4) is 0 Å². The van der Waals surface area contributed by atoms with Gasteiger partial charge in [0.2, 0.25) is 5.91 Å². The van der Waals surface area contributed by atoms with Crippen LogP contribution in [0.2, 0.25) is 0 Å². The second kappa shape index (κ2) is 7.13. The van der Waals surface area contributed by atoms with Crippen LogP contribution in [0.25, 0.3) is 0 Å². The molecule has 1 unspecified atom stereocenters. The zero-order valence-corrected chi connectivity index (χ0v) is 11.3. The first-order valence-corrected chi connectivity index (χ1v) is 6.11. The lowest BCUT2D eigenvalue weighted by atomic mass is 10.1. The van der Waals surface area contributed by atoms with E-state index in [1.165, 1.54) is 0 Å². The van der Waals surface area contributed by atoms with Crippen molar-refractivity contribution in [2.24, 2.45) is 5.73 Å². The Kier molecular flexibility index (Phi) is 5.82. The van der Waals surface area contributed by atoms with Gasteiger partial charge in [-0.15, -0.1) is 0 Å². The number of nitrogens with two attached hydrogens (primary N) is 1. The Hall–Kier alpha value is -1.39.